The Balaban J connectivity index is 1.69. The number of carbonyl (C=O) groups excluding carboxylic acids is 2. The van der Waals surface area contributed by atoms with E-state index in [0.29, 0.717) is 17.0 Å². The van der Waals surface area contributed by atoms with Gasteiger partial charge >= 0.3 is 6.09 Å². The van der Waals surface area contributed by atoms with Crippen molar-refractivity contribution in [2.45, 2.75) is 44.7 Å². The highest BCUT2D eigenvalue weighted by Crippen LogP contribution is 2.34. The highest BCUT2D eigenvalue weighted by Gasteiger charge is 2.38. The van der Waals surface area contributed by atoms with Gasteiger partial charge in [0.1, 0.15) is 24.0 Å². The van der Waals surface area contributed by atoms with Gasteiger partial charge in [0, 0.05) is 29.2 Å². The standard InChI is InChI=1S/C21H22N6O3/c1-21(2)8-3-6-15-13(5-4-9-22-15)16-12-30-20(29)27(16)17-7-10-26-18(24-17)14(11-23-26)19(28)25-21/h4-5,7,9-11,16H,3,6,8,12H2,1-2H3,(H,25,28). The van der Waals surface area contributed by atoms with Gasteiger partial charge in [-0.25, -0.2) is 14.3 Å². The fourth-order valence-electron chi connectivity index (χ4n) is 4.15. The number of ether oxygens (including phenoxy) is 1. The molecule has 0 saturated carbocycles. The normalized spacial score (nSPS) is 21.0. The molecule has 5 heterocycles. The number of anilines is 1. The second kappa shape index (κ2) is 6.79. The predicted octanol–water partition coefficient (Wildman–Crippen LogP) is 2.67. The van der Waals surface area contributed by atoms with Crippen molar-refractivity contribution in [2.75, 3.05) is 11.5 Å². The zero-order valence-corrected chi connectivity index (χ0v) is 16.8. The van der Waals surface area contributed by atoms with E-state index in [4.69, 9.17) is 4.74 Å². The molecule has 2 amide bonds. The third-order valence-corrected chi connectivity index (χ3v) is 5.67. The van der Waals surface area contributed by atoms with Crippen LogP contribution in [0.5, 0.6) is 0 Å². The molecule has 0 aliphatic carbocycles. The van der Waals surface area contributed by atoms with Gasteiger partial charge in [0.15, 0.2) is 5.65 Å². The number of aromatic nitrogens is 4. The molecule has 154 valence electrons. The van der Waals surface area contributed by atoms with Crippen molar-refractivity contribution >= 4 is 23.5 Å². The third kappa shape index (κ3) is 3.06. The molecule has 1 N–H and O–H groups in total. The van der Waals surface area contributed by atoms with Gasteiger partial charge in [0.25, 0.3) is 5.91 Å². The first kappa shape index (κ1) is 18.5. The summed E-state index contributed by atoms with van der Waals surface area (Å²) in [7, 11) is 0. The minimum Gasteiger partial charge on any atom is -0.447 e. The number of cyclic esters (lactones) is 1. The maximum absolute atomic E-state index is 13.0. The molecule has 0 radical (unpaired) electrons. The number of aryl methyl sites for hydroxylation is 1. The van der Waals surface area contributed by atoms with E-state index in [1.54, 1.807) is 18.5 Å². The molecule has 0 spiro atoms. The summed E-state index contributed by atoms with van der Waals surface area (Å²) in [6.45, 7) is 4.24. The molecular formula is C21H22N6O3. The van der Waals surface area contributed by atoms with E-state index in [0.717, 1.165) is 30.5 Å². The van der Waals surface area contributed by atoms with E-state index in [1.807, 2.05) is 26.0 Å². The first-order chi connectivity index (χ1) is 14.4. The van der Waals surface area contributed by atoms with Crippen molar-refractivity contribution in [3.8, 4) is 0 Å². The van der Waals surface area contributed by atoms with E-state index < -0.39 is 11.6 Å². The van der Waals surface area contributed by atoms with Crippen LogP contribution >= 0.6 is 0 Å². The van der Waals surface area contributed by atoms with Crippen molar-refractivity contribution < 1.29 is 14.3 Å². The van der Waals surface area contributed by atoms with Gasteiger partial charge in [0.2, 0.25) is 0 Å². The maximum atomic E-state index is 13.0. The zero-order chi connectivity index (χ0) is 20.9. The highest BCUT2D eigenvalue weighted by molar-refractivity contribution is 6.00. The molecule has 1 fully saturated rings. The lowest BCUT2D eigenvalue weighted by Crippen LogP contribution is -2.43. The molecule has 9 nitrogen and oxygen atoms in total. The molecule has 3 aromatic rings. The summed E-state index contributed by atoms with van der Waals surface area (Å²) in [5, 5.41) is 7.32. The number of carbonyl (C=O) groups is 2. The van der Waals surface area contributed by atoms with Gasteiger partial charge in [-0.2, -0.15) is 5.10 Å². The fourth-order valence-corrected chi connectivity index (χ4v) is 4.15. The summed E-state index contributed by atoms with van der Waals surface area (Å²) in [4.78, 5) is 36.3. The number of fused-ring (bicyclic) bond motifs is 5. The Hall–Kier alpha value is -3.49. The van der Waals surface area contributed by atoms with E-state index in [1.165, 1.54) is 15.6 Å². The quantitative estimate of drug-likeness (QED) is 0.616. The number of rotatable bonds is 0. The van der Waals surface area contributed by atoms with Gasteiger partial charge in [-0.15, -0.1) is 0 Å². The summed E-state index contributed by atoms with van der Waals surface area (Å²) < 4.78 is 6.91. The van der Waals surface area contributed by atoms with Crippen molar-refractivity contribution in [3.63, 3.8) is 0 Å². The molecule has 9 heteroatoms. The molecule has 1 unspecified atom stereocenters. The summed E-state index contributed by atoms with van der Waals surface area (Å²) in [5.41, 5.74) is 2.24. The number of hydrogen-bond acceptors (Lipinski definition) is 6. The molecule has 1 atom stereocenters. The Labute approximate surface area is 173 Å². The smallest absolute Gasteiger partial charge is 0.416 e. The first-order valence-electron chi connectivity index (χ1n) is 10.00. The lowest BCUT2D eigenvalue weighted by molar-refractivity contribution is 0.0910. The summed E-state index contributed by atoms with van der Waals surface area (Å²) in [5.74, 6) is 0.173. The second-order valence-corrected chi connectivity index (χ2v) is 8.31. The average molecular weight is 406 g/mol. The van der Waals surface area contributed by atoms with E-state index in [9.17, 15) is 9.59 Å². The van der Waals surface area contributed by atoms with Crippen LogP contribution in [0.2, 0.25) is 0 Å². The maximum Gasteiger partial charge on any atom is 0.416 e. The fraction of sp³-hybridized carbons (Fsp3) is 0.381. The Morgan fingerprint density at radius 1 is 1.27 bits per heavy atom. The largest absolute Gasteiger partial charge is 0.447 e. The molecule has 0 aromatic carbocycles. The Kier molecular flexibility index (Phi) is 4.19. The Morgan fingerprint density at radius 3 is 3.00 bits per heavy atom. The van der Waals surface area contributed by atoms with Crippen molar-refractivity contribution in [3.05, 3.63) is 53.6 Å². The van der Waals surface area contributed by atoms with Crippen LogP contribution in [0.1, 0.15) is 54.3 Å². The molecule has 5 rings (SSSR count). The number of hydrogen-bond donors (Lipinski definition) is 1. The second-order valence-electron chi connectivity index (χ2n) is 8.31. The average Bonchev–Trinajstić information content (AvgIpc) is 3.30. The van der Waals surface area contributed by atoms with Crippen LogP contribution in [0.25, 0.3) is 5.65 Å². The van der Waals surface area contributed by atoms with Crippen LogP contribution in [0.4, 0.5) is 10.6 Å². The van der Waals surface area contributed by atoms with Crippen LogP contribution in [0, 0.1) is 0 Å². The van der Waals surface area contributed by atoms with Gasteiger partial charge in [-0.3, -0.25) is 14.7 Å². The molecule has 2 aliphatic rings. The van der Waals surface area contributed by atoms with E-state index >= 15 is 0 Å². The number of pyridine rings is 1. The van der Waals surface area contributed by atoms with Crippen LogP contribution in [0.3, 0.4) is 0 Å². The van der Waals surface area contributed by atoms with Crippen molar-refractivity contribution in [1.82, 2.24) is 24.9 Å². The lowest BCUT2D eigenvalue weighted by Gasteiger charge is -2.27. The highest BCUT2D eigenvalue weighted by atomic mass is 16.6. The van der Waals surface area contributed by atoms with Gasteiger partial charge in [-0.1, -0.05) is 6.07 Å². The van der Waals surface area contributed by atoms with Crippen LogP contribution < -0.4 is 10.2 Å². The predicted molar refractivity (Wildman–Crippen MR) is 108 cm³/mol. The van der Waals surface area contributed by atoms with E-state index in [-0.39, 0.29) is 18.6 Å². The third-order valence-electron chi connectivity index (χ3n) is 5.67. The molecule has 2 bridgehead atoms. The minimum absolute atomic E-state index is 0.225. The van der Waals surface area contributed by atoms with E-state index in [2.05, 4.69) is 20.4 Å². The van der Waals surface area contributed by atoms with Crippen LogP contribution in [-0.2, 0) is 11.2 Å². The summed E-state index contributed by atoms with van der Waals surface area (Å²) in [6, 6.07) is 5.24. The lowest BCUT2D eigenvalue weighted by atomic mass is 9.94. The Morgan fingerprint density at radius 2 is 2.13 bits per heavy atom. The topological polar surface area (TPSA) is 102 Å². The Bertz CT molecular complexity index is 1150. The number of amides is 2. The van der Waals surface area contributed by atoms with Crippen molar-refractivity contribution in [2.24, 2.45) is 0 Å². The van der Waals surface area contributed by atoms with Gasteiger partial charge in [-0.05, 0) is 45.2 Å². The summed E-state index contributed by atoms with van der Waals surface area (Å²) >= 11 is 0. The van der Waals surface area contributed by atoms with Crippen molar-refractivity contribution in [1.29, 1.82) is 0 Å². The van der Waals surface area contributed by atoms with Gasteiger partial charge < -0.3 is 10.1 Å². The minimum atomic E-state index is -0.467. The molecule has 1 saturated heterocycles. The monoisotopic (exact) mass is 406 g/mol. The van der Waals surface area contributed by atoms with Gasteiger partial charge in [0.05, 0.1) is 6.20 Å². The number of nitrogens with zero attached hydrogens (tertiary/aromatic N) is 5. The molecular weight excluding hydrogens is 384 g/mol. The zero-order valence-electron chi connectivity index (χ0n) is 16.8. The molecule has 2 aliphatic heterocycles. The molecule has 30 heavy (non-hydrogen) atoms. The van der Waals surface area contributed by atoms with Crippen LogP contribution in [0.15, 0.2) is 36.8 Å². The summed E-state index contributed by atoms with van der Waals surface area (Å²) in [6.07, 6.45) is 6.84. The number of nitrogens with one attached hydrogen (secondary N) is 1. The first-order valence-corrected chi connectivity index (χ1v) is 10.00. The SMILES string of the molecule is CC1(C)CCCc2ncccc2C2COC(=O)N2c2ccn3ncc(c3n2)C(=O)N1. The molecule has 3 aromatic heterocycles. The van der Waals surface area contributed by atoms with Crippen LogP contribution in [-0.4, -0.2) is 43.7 Å².